The van der Waals surface area contributed by atoms with Crippen LogP contribution in [0.15, 0.2) is 82.1 Å². The molecule has 3 aliphatic heterocycles. The van der Waals surface area contributed by atoms with Gasteiger partial charge in [0.15, 0.2) is 0 Å². The van der Waals surface area contributed by atoms with E-state index in [4.69, 9.17) is 4.84 Å². The molecule has 178 valence electrons. The number of oxime groups is 1. The lowest BCUT2D eigenvalue weighted by molar-refractivity contribution is -0.110. The molecular formula is C27H19BrN4O4. The largest absolute Gasteiger partial charge is 0.395 e. The van der Waals surface area contributed by atoms with E-state index in [9.17, 15) is 14.4 Å². The number of imide groups is 1. The maximum atomic E-state index is 12.9. The summed E-state index contributed by atoms with van der Waals surface area (Å²) in [4.78, 5) is 44.9. The lowest BCUT2D eigenvalue weighted by atomic mass is 10.0. The Kier molecular flexibility index (Phi) is 5.41. The smallest absolute Gasteiger partial charge is 0.261 e. The van der Waals surface area contributed by atoms with Gasteiger partial charge in [0.1, 0.15) is 12.3 Å². The summed E-state index contributed by atoms with van der Waals surface area (Å²) in [7, 11) is 0. The van der Waals surface area contributed by atoms with Crippen LogP contribution < -0.4 is 10.6 Å². The van der Waals surface area contributed by atoms with Crippen molar-refractivity contribution in [3.63, 3.8) is 0 Å². The van der Waals surface area contributed by atoms with E-state index in [0.717, 1.165) is 27.0 Å². The van der Waals surface area contributed by atoms with Crippen molar-refractivity contribution < 1.29 is 19.2 Å². The van der Waals surface area contributed by atoms with Crippen molar-refractivity contribution in [2.75, 3.05) is 23.8 Å². The molecule has 3 heterocycles. The number of anilines is 2. The Morgan fingerprint density at radius 1 is 0.806 bits per heavy atom. The summed E-state index contributed by atoms with van der Waals surface area (Å²) in [5, 5.41) is 10.6. The van der Waals surface area contributed by atoms with Crippen LogP contribution in [0.3, 0.4) is 0 Å². The van der Waals surface area contributed by atoms with Gasteiger partial charge in [0.25, 0.3) is 17.7 Å². The number of halogens is 1. The highest BCUT2D eigenvalue weighted by Crippen LogP contribution is 2.40. The predicted octanol–water partition coefficient (Wildman–Crippen LogP) is 4.65. The number of benzene rings is 3. The quantitative estimate of drug-likeness (QED) is 0.211. The van der Waals surface area contributed by atoms with Gasteiger partial charge < -0.3 is 15.5 Å². The Bertz CT molecular complexity index is 1490. The standard InChI is InChI=1S/C27H19BrN4O4/c28-15-10-11-21-19(14-15)22(25(33)30-21)24-23(18-8-3-4-9-20(18)29-24)31-36-13-5-12-32-26(34)16-6-1-2-7-17(16)27(32)35/h1-4,6-11,14,29H,5,12-13H2,(H,30,33)/b24-22-,31-23+. The molecule has 0 saturated carbocycles. The van der Waals surface area contributed by atoms with E-state index in [1.54, 1.807) is 24.3 Å². The Morgan fingerprint density at radius 3 is 2.22 bits per heavy atom. The van der Waals surface area contributed by atoms with Crippen molar-refractivity contribution in [3.05, 3.63) is 99.2 Å². The third-order valence-electron chi connectivity index (χ3n) is 6.31. The van der Waals surface area contributed by atoms with Crippen LogP contribution in [0, 0.1) is 0 Å². The van der Waals surface area contributed by atoms with Gasteiger partial charge in [0.05, 0.1) is 22.4 Å². The number of nitrogens with one attached hydrogen (secondary N) is 2. The maximum absolute atomic E-state index is 12.9. The lowest BCUT2D eigenvalue weighted by Gasteiger charge is -2.13. The van der Waals surface area contributed by atoms with Gasteiger partial charge >= 0.3 is 0 Å². The summed E-state index contributed by atoms with van der Waals surface area (Å²) in [5.41, 5.74) is 5.55. The molecule has 0 saturated heterocycles. The van der Waals surface area contributed by atoms with Gasteiger partial charge in [0.2, 0.25) is 0 Å². The second-order valence-corrected chi connectivity index (χ2v) is 9.41. The normalized spacial score (nSPS) is 18.8. The minimum absolute atomic E-state index is 0.190. The molecule has 3 aromatic carbocycles. The molecule has 0 bridgehead atoms. The number of fused-ring (bicyclic) bond motifs is 3. The second kappa shape index (κ2) is 8.76. The molecule has 8 nitrogen and oxygen atoms in total. The van der Waals surface area contributed by atoms with E-state index in [-0.39, 0.29) is 30.9 Å². The highest BCUT2D eigenvalue weighted by atomic mass is 79.9. The highest BCUT2D eigenvalue weighted by molar-refractivity contribution is 9.10. The number of amides is 3. The number of nitrogens with zero attached hydrogens (tertiary/aromatic N) is 2. The number of carbonyl (C=O) groups is 3. The first-order valence-corrected chi connectivity index (χ1v) is 12.2. The molecule has 2 N–H and O–H groups in total. The molecule has 0 fully saturated rings. The second-order valence-electron chi connectivity index (χ2n) is 8.50. The zero-order valence-corrected chi connectivity index (χ0v) is 20.5. The molecule has 36 heavy (non-hydrogen) atoms. The monoisotopic (exact) mass is 542 g/mol. The Balaban J connectivity index is 1.23. The van der Waals surface area contributed by atoms with E-state index >= 15 is 0 Å². The number of rotatable bonds is 5. The first-order chi connectivity index (χ1) is 17.5. The van der Waals surface area contributed by atoms with Crippen LogP contribution in [0.4, 0.5) is 11.4 Å². The van der Waals surface area contributed by atoms with Crippen LogP contribution in [-0.2, 0) is 9.63 Å². The molecule has 6 rings (SSSR count). The van der Waals surface area contributed by atoms with E-state index in [2.05, 4.69) is 31.7 Å². The van der Waals surface area contributed by atoms with Crippen LogP contribution in [-0.4, -0.2) is 41.5 Å². The van der Waals surface area contributed by atoms with Crippen LogP contribution in [0.1, 0.15) is 38.3 Å². The van der Waals surface area contributed by atoms with Gasteiger partial charge in [-0.25, -0.2) is 0 Å². The Hall–Kier alpha value is -4.24. The fourth-order valence-corrected chi connectivity index (χ4v) is 4.99. The molecule has 3 amide bonds. The molecule has 0 aliphatic carbocycles. The average Bonchev–Trinajstić information content (AvgIpc) is 3.48. The Labute approximate surface area is 214 Å². The molecule has 0 atom stereocenters. The van der Waals surface area contributed by atoms with Crippen molar-refractivity contribution in [1.29, 1.82) is 0 Å². The fourth-order valence-electron chi connectivity index (χ4n) is 4.63. The van der Waals surface area contributed by atoms with Crippen molar-refractivity contribution in [3.8, 4) is 0 Å². The van der Waals surface area contributed by atoms with Gasteiger partial charge in [-0.3, -0.25) is 19.3 Å². The van der Waals surface area contributed by atoms with Crippen molar-refractivity contribution in [2.24, 2.45) is 5.16 Å². The summed E-state index contributed by atoms with van der Waals surface area (Å²) in [6.45, 7) is 0.416. The van der Waals surface area contributed by atoms with Crippen LogP contribution in [0.2, 0.25) is 0 Å². The molecular weight excluding hydrogens is 524 g/mol. The van der Waals surface area contributed by atoms with Gasteiger partial charge in [-0.05, 0) is 36.4 Å². The molecule has 0 radical (unpaired) electrons. The number of hydrogen-bond acceptors (Lipinski definition) is 6. The number of hydrogen-bond donors (Lipinski definition) is 2. The van der Waals surface area contributed by atoms with Gasteiger partial charge in [-0.15, -0.1) is 0 Å². The molecule has 0 spiro atoms. The first-order valence-electron chi connectivity index (χ1n) is 11.4. The van der Waals surface area contributed by atoms with Crippen LogP contribution >= 0.6 is 15.9 Å². The third-order valence-corrected chi connectivity index (χ3v) is 6.80. The average molecular weight is 543 g/mol. The summed E-state index contributed by atoms with van der Waals surface area (Å²) in [6.07, 6.45) is 0.416. The van der Waals surface area contributed by atoms with E-state index in [1.807, 2.05) is 42.5 Å². The van der Waals surface area contributed by atoms with E-state index in [1.165, 1.54) is 4.90 Å². The molecule has 9 heteroatoms. The first kappa shape index (κ1) is 22.2. The zero-order valence-electron chi connectivity index (χ0n) is 18.9. The minimum atomic E-state index is -0.292. The van der Waals surface area contributed by atoms with Gasteiger partial charge in [-0.1, -0.05) is 51.4 Å². The van der Waals surface area contributed by atoms with Crippen molar-refractivity contribution in [2.45, 2.75) is 6.42 Å². The number of carbonyl (C=O) groups excluding carboxylic acids is 3. The topological polar surface area (TPSA) is 100 Å². The third kappa shape index (κ3) is 3.59. The Morgan fingerprint density at radius 2 is 1.47 bits per heavy atom. The lowest BCUT2D eigenvalue weighted by Crippen LogP contribution is -2.31. The summed E-state index contributed by atoms with van der Waals surface area (Å²) in [5.74, 6) is -0.809. The molecule has 3 aromatic rings. The predicted molar refractivity (Wildman–Crippen MR) is 139 cm³/mol. The van der Waals surface area contributed by atoms with E-state index < -0.39 is 0 Å². The zero-order chi connectivity index (χ0) is 24.8. The van der Waals surface area contributed by atoms with Crippen LogP contribution in [0.25, 0.3) is 5.57 Å². The minimum Gasteiger partial charge on any atom is -0.395 e. The molecule has 0 unspecified atom stereocenters. The highest BCUT2D eigenvalue weighted by Gasteiger charge is 2.35. The van der Waals surface area contributed by atoms with E-state index in [0.29, 0.717) is 34.5 Å². The SMILES string of the molecule is O=C1Nc2ccc(Br)cc2/C1=C1/Nc2ccccc2/C1=N\OCCCN1C(=O)c2ccccc2C1=O. The molecule has 3 aliphatic rings. The number of para-hydroxylation sites is 1. The molecule has 0 aromatic heterocycles. The fraction of sp³-hybridized carbons (Fsp3) is 0.111. The number of allylic oxidation sites excluding steroid dienone is 1. The van der Waals surface area contributed by atoms with Gasteiger partial charge in [-0.2, -0.15) is 0 Å². The van der Waals surface area contributed by atoms with Crippen LogP contribution in [0.5, 0.6) is 0 Å². The van der Waals surface area contributed by atoms with Crippen molar-refractivity contribution in [1.82, 2.24) is 4.90 Å². The summed E-state index contributed by atoms with van der Waals surface area (Å²) in [6, 6.07) is 20.0. The summed E-state index contributed by atoms with van der Waals surface area (Å²) >= 11 is 3.48. The summed E-state index contributed by atoms with van der Waals surface area (Å²) < 4.78 is 0.856. The maximum Gasteiger partial charge on any atom is 0.261 e. The van der Waals surface area contributed by atoms with Crippen molar-refractivity contribution >= 4 is 56.3 Å². The van der Waals surface area contributed by atoms with Gasteiger partial charge in [0, 0.05) is 39.9 Å².